The van der Waals surface area contributed by atoms with Gasteiger partial charge in [0.25, 0.3) is 0 Å². The number of halogens is 1. The Bertz CT molecular complexity index is 369. The molecule has 0 aliphatic heterocycles. The molecule has 0 amide bonds. The molecule has 0 bridgehead atoms. The summed E-state index contributed by atoms with van der Waals surface area (Å²) in [5.41, 5.74) is 0. The third-order valence-corrected chi connectivity index (χ3v) is 4.16. The highest BCUT2D eigenvalue weighted by atomic mass is 127. The predicted octanol–water partition coefficient (Wildman–Crippen LogP) is 2.86. The minimum Gasteiger partial charge on any atom is -0.360 e. The van der Waals surface area contributed by atoms with Gasteiger partial charge >= 0.3 is 7.82 Å². The lowest BCUT2D eigenvalue weighted by molar-refractivity contribution is -0.139. The summed E-state index contributed by atoms with van der Waals surface area (Å²) in [7, 11) is -1.08. The minimum absolute atomic E-state index is 0.0222. The van der Waals surface area contributed by atoms with Gasteiger partial charge in [0, 0.05) is 14.2 Å². The van der Waals surface area contributed by atoms with Gasteiger partial charge in [-0.2, -0.15) is 5.26 Å². The van der Waals surface area contributed by atoms with Crippen molar-refractivity contribution in [1.82, 2.24) is 0 Å². The zero-order valence-electron chi connectivity index (χ0n) is 13.2. The lowest BCUT2D eigenvalue weighted by Gasteiger charge is -2.26. The van der Waals surface area contributed by atoms with E-state index >= 15 is 0 Å². The van der Waals surface area contributed by atoms with Crippen molar-refractivity contribution in [3.8, 4) is 6.07 Å². The third kappa shape index (κ3) is 10.1. The first-order valence-electron chi connectivity index (χ1n) is 6.60. The zero-order valence-corrected chi connectivity index (χ0v) is 16.2. The number of rotatable bonds is 13. The molecule has 3 unspecified atom stereocenters. The molecular formula is C12H23INO7P. The van der Waals surface area contributed by atoms with E-state index in [9.17, 15) is 4.57 Å². The van der Waals surface area contributed by atoms with Gasteiger partial charge in [0.05, 0.1) is 31.8 Å². The molecule has 0 rings (SSSR count). The van der Waals surface area contributed by atoms with Crippen molar-refractivity contribution < 1.29 is 32.3 Å². The second-order valence-electron chi connectivity index (χ2n) is 4.13. The number of phosphoric acid groups is 1. The first kappa shape index (κ1) is 22.2. The van der Waals surface area contributed by atoms with Crippen LogP contribution in [0.25, 0.3) is 0 Å². The Hall–Kier alpha value is 0.210. The van der Waals surface area contributed by atoms with E-state index in [0.717, 1.165) is 0 Å². The highest BCUT2D eigenvalue weighted by molar-refractivity contribution is 14.1. The van der Waals surface area contributed by atoms with Crippen LogP contribution in [0.15, 0.2) is 0 Å². The van der Waals surface area contributed by atoms with Crippen molar-refractivity contribution in [2.45, 2.75) is 36.6 Å². The smallest absolute Gasteiger partial charge is 0.360 e. The number of alkyl halides is 1. The summed E-state index contributed by atoms with van der Waals surface area (Å²) >= 11 is 2.09. The SMILES string of the molecule is COP(=O)(OC)OCC(OC(C)I)C(C)OCOCCC#N. The molecule has 0 aliphatic rings. The van der Waals surface area contributed by atoms with Crippen LogP contribution in [0.1, 0.15) is 20.3 Å². The first-order valence-corrected chi connectivity index (χ1v) is 9.31. The van der Waals surface area contributed by atoms with E-state index in [1.54, 1.807) is 6.92 Å². The van der Waals surface area contributed by atoms with Crippen molar-refractivity contribution in [2.75, 3.05) is 34.2 Å². The van der Waals surface area contributed by atoms with Gasteiger partial charge in [0.1, 0.15) is 17.0 Å². The summed E-state index contributed by atoms with van der Waals surface area (Å²) in [4.78, 5) is 0. The molecule has 0 aromatic heterocycles. The lowest BCUT2D eigenvalue weighted by atomic mass is 10.2. The van der Waals surface area contributed by atoms with Crippen LogP contribution >= 0.6 is 30.4 Å². The summed E-state index contributed by atoms with van der Waals surface area (Å²) in [6, 6.07) is 1.97. The largest absolute Gasteiger partial charge is 0.474 e. The molecule has 0 aliphatic carbocycles. The van der Waals surface area contributed by atoms with Crippen molar-refractivity contribution in [3.05, 3.63) is 0 Å². The van der Waals surface area contributed by atoms with E-state index < -0.39 is 13.9 Å². The molecule has 3 atom stereocenters. The van der Waals surface area contributed by atoms with E-state index in [0.29, 0.717) is 13.0 Å². The van der Waals surface area contributed by atoms with Gasteiger partial charge in [-0.3, -0.25) is 13.6 Å². The average molecular weight is 451 g/mol. The summed E-state index contributed by atoms with van der Waals surface area (Å²) < 4.78 is 42.7. The van der Waals surface area contributed by atoms with Crippen LogP contribution in [-0.4, -0.2) is 50.5 Å². The molecule has 0 radical (unpaired) electrons. The number of phosphoric ester groups is 1. The molecule has 10 heteroatoms. The summed E-state index contributed by atoms with van der Waals surface area (Å²) in [5.74, 6) is 0. The molecule has 0 aromatic carbocycles. The summed E-state index contributed by atoms with van der Waals surface area (Å²) in [6.07, 6.45) is -0.553. The maximum atomic E-state index is 11.9. The van der Waals surface area contributed by atoms with Crippen LogP contribution in [0.4, 0.5) is 0 Å². The Kier molecular flexibility index (Phi) is 12.7. The second-order valence-corrected chi connectivity index (χ2v) is 7.77. The van der Waals surface area contributed by atoms with Crippen molar-refractivity contribution in [3.63, 3.8) is 0 Å². The highest BCUT2D eigenvalue weighted by Crippen LogP contribution is 2.47. The Balaban J connectivity index is 4.37. The fraction of sp³-hybridized carbons (Fsp3) is 0.917. The van der Waals surface area contributed by atoms with Gasteiger partial charge in [-0.1, -0.05) is 22.6 Å². The van der Waals surface area contributed by atoms with Crippen LogP contribution in [0.5, 0.6) is 0 Å². The van der Waals surface area contributed by atoms with Gasteiger partial charge in [0.15, 0.2) is 0 Å². The Morgan fingerprint density at radius 3 is 2.41 bits per heavy atom. The van der Waals surface area contributed by atoms with Crippen molar-refractivity contribution >= 4 is 30.4 Å². The average Bonchev–Trinajstić information content (AvgIpc) is 2.50. The highest BCUT2D eigenvalue weighted by Gasteiger charge is 2.28. The normalized spacial score (nSPS) is 16.0. The monoisotopic (exact) mass is 451 g/mol. The lowest BCUT2D eigenvalue weighted by Crippen LogP contribution is -2.35. The zero-order chi connectivity index (χ0) is 17.0. The molecule has 0 aromatic rings. The van der Waals surface area contributed by atoms with E-state index in [-0.39, 0.29) is 23.6 Å². The summed E-state index contributed by atoms with van der Waals surface area (Å²) in [6.45, 7) is 3.95. The third-order valence-electron chi connectivity index (χ3n) is 2.50. The van der Waals surface area contributed by atoms with Gasteiger partial charge in [-0.25, -0.2) is 4.57 Å². The van der Waals surface area contributed by atoms with Crippen LogP contribution in [0.2, 0.25) is 0 Å². The second kappa shape index (κ2) is 12.6. The van der Waals surface area contributed by atoms with E-state index in [1.807, 2.05) is 13.0 Å². The molecule has 0 fully saturated rings. The quantitative estimate of drug-likeness (QED) is 0.139. The maximum Gasteiger partial charge on any atom is 0.474 e. The molecule has 0 heterocycles. The van der Waals surface area contributed by atoms with E-state index in [4.69, 9.17) is 33.0 Å². The maximum absolute atomic E-state index is 11.9. The van der Waals surface area contributed by atoms with Crippen molar-refractivity contribution in [2.24, 2.45) is 0 Å². The number of hydrogen-bond donors (Lipinski definition) is 0. The number of nitrogens with zero attached hydrogens (tertiary/aromatic N) is 1. The fourth-order valence-corrected chi connectivity index (χ4v) is 2.38. The predicted molar refractivity (Wildman–Crippen MR) is 87.5 cm³/mol. The van der Waals surface area contributed by atoms with Crippen molar-refractivity contribution in [1.29, 1.82) is 5.26 Å². The van der Waals surface area contributed by atoms with Gasteiger partial charge < -0.3 is 14.2 Å². The molecule has 0 N–H and O–H groups in total. The Morgan fingerprint density at radius 2 is 1.91 bits per heavy atom. The number of ether oxygens (including phenoxy) is 3. The fourth-order valence-electron chi connectivity index (χ4n) is 1.31. The Morgan fingerprint density at radius 1 is 1.27 bits per heavy atom. The minimum atomic E-state index is -3.56. The molecule has 130 valence electrons. The Labute approximate surface area is 145 Å². The topological polar surface area (TPSA) is 96.2 Å². The molecule has 8 nitrogen and oxygen atoms in total. The van der Waals surface area contributed by atoms with Gasteiger partial charge in [-0.05, 0) is 13.8 Å². The van der Waals surface area contributed by atoms with Crippen LogP contribution in [-0.2, 0) is 32.3 Å². The molecule has 0 saturated heterocycles. The standard InChI is InChI=1S/C12H23INO7P/c1-10(19-9-18-7-5-6-14)12(21-11(2)13)8-20-22(15,16-3)17-4/h10-12H,5,7-9H2,1-4H3. The molecule has 0 saturated carbocycles. The van der Waals surface area contributed by atoms with E-state index in [1.165, 1.54) is 14.2 Å². The van der Waals surface area contributed by atoms with E-state index in [2.05, 4.69) is 22.6 Å². The number of nitriles is 1. The molecule has 22 heavy (non-hydrogen) atoms. The van der Waals surface area contributed by atoms with Crippen LogP contribution in [0.3, 0.4) is 0 Å². The van der Waals surface area contributed by atoms with Crippen LogP contribution in [0, 0.1) is 11.3 Å². The first-order chi connectivity index (χ1) is 10.4. The summed E-state index contributed by atoms with van der Waals surface area (Å²) in [5, 5.41) is 8.40. The molecular weight excluding hydrogens is 428 g/mol. The molecule has 0 spiro atoms. The van der Waals surface area contributed by atoms with Crippen LogP contribution < -0.4 is 0 Å². The van der Waals surface area contributed by atoms with Gasteiger partial charge in [0.2, 0.25) is 0 Å². The number of hydrogen-bond acceptors (Lipinski definition) is 8. The van der Waals surface area contributed by atoms with Gasteiger partial charge in [-0.15, -0.1) is 0 Å².